The van der Waals surface area contributed by atoms with E-state index in [4.69, 9.17) is 11.6 Å². The third kappa shape index (κ3) is 2.07. The van der Waals surface area contributed by atoms with E-state index in [-0.39, 0.29) is 12.4 Å². The Labute approximate surface area is 63.6 Å². The van der Waals surface area contributed by atoms with Gasteiger partial charge in [-0.3, -0.25) is 0 Å². The van der Waals surface area contributed by atoms with Crippen LogP contribution in [0, 0.1) is 0 Å². The van der Waals surface area contributed by atoms with Gasteiger partial charge in [-0.05, 0) is 11.8 Å². The van der Waals surface area contributed by atoms with Gasteiger partial charge in [-0.1, -0.05) is 0 Å². The number of rotatable bonds is 1. The quantitative estimate of drug-likeness (QED) is 0.421. The normalized spacial score (nSPS) is 15.4. The molecule has 1 aliphatic heterocycles. The predicted octanol–water partition coefficient (Wildman–Crippen LogP) is -1.82. The molecule has 1 heterocycles. The Morgan fingerprint density at radius 3 is 2.75 bits per heavy atom. The molecule has 0 amide bonds. The van der Waals surface area contributed by atoms with Crippen LogP contribution < -0.4 is 17.4 Å². The van der Waals surface area contributed by atoms with Crippen molar-refractivity contribution in [2.75, 3.05) is 5.88 Å². The number of hydrogen-bond donors (Lipinski definition) is 0. The van der Waals surface area contributed by atoms with Gasteiger partial charge in [0.1, 0.15) is 5.88 Å². The van der Waals surface area contributed by atoms with E-state index in [2.05, 4.69) is 4.99 Å². The van der Waals surface area contributed by atoms with Gasteiger partial charge in [0.2, 0.25) is 6.20 Å². The van der Waals surface area contributed by atoms with Gasteiger partial charge in [0.25, 0.3) is 0 Å². The Kier molecular flexibility index (Phi) is 4.42. The standard InChI is InChI=1S/C4H4ClNS.ClH/c5-3-4-6-1-2-7-4;/h1-2H,3H2;1H/q+1;/p-1. The smallest absolute Gasteiger partial charge is 0.306 e. The van der Waals surface area contributed by atoms with Crippen molar-refractivity contribution in [3.05, 3.63) is 11.6 Å². The summed E-state index contributed by atoms with van der Waals surface area (Å²) in [6, 6.07) is 0. The second kappa shape index (κ2) is 4.24. The molecule has 4 heteroatoms. The van der Waals surface area contributed by atoms with Crippen LogP contribution in [0.4, 0.5) is 0 Å². The molecule has 0 atom stereocenters. The summed E-state index contributed by atoms with van der Waals surface area (Å²) in [5, 5.41) is 2.90. The van der Waals surface area contributed by atoms with Crippen LogP contribution in [0.5, 0.6) is 0 Å². The first kappa shape index (κ1) is 8.34. The Morgan fingerprint density at radius 2 is 2.50 bits per heavy atom. The molecule has 0 saturated carbocycles. The second-order valence-electron chi connectivity index (χ2n) is 1.06. The highest BCUT2D eigenvalue weighted by Gasteiger charge is 2.11. The zero-order valence-electron chi connectivity index (χ0n) is 3.97. The fourth-order valence-corrected chi connectivity index (χ4v) is 1.04. The molecule has 0 aromatic carbocycles. The summed E-state index contributed by atoms with van der Waals surface area (Å²) in [5.74, 6) is 0.539. The molecule has 0 bridgehead atoms. The molecule has 0 aromatic heterocycles. The summed E-state index contributed by atoms with van der Waals surface area (Å²) >= 11 is 7.00. The zero-order chi connectivity index (χ0) is 5.11. The average Bonchev–Trinajstić information content (AvgIpc) is 2.14. The summed E-state index contributed by atoms with van der Waals surface area (Å²) in [4.78, 5) is 3.92. The number of thioether (sulfide) groups is 1. The van der Waals surface area contributed by atoms with Gasteiger partial charge in [-0.25, -0.2) is 0 Å². The summed E-state index contributed by atoms with van der Waals surface area (Å²) in [6.07, 6.45) is 1.75. The lowest BCUT2D eigenvalue weighted by atomic mass is 10.8. The Hall–Kier alpha value is 0.340. The van der Waals surface area contributed by atoms with Gasteiger partial charge in [-0.15, -0.1) is 11.6 Å². The minimum atomic E-state index is 0. The second-order valence-corrected chi connectivity index (χ2v) is 2.31. The van der Waals surface area contributed by atoms with Gasteiger partial charge in [0.05, 0.1) is 10.4 Å². The lowest BCUT2D eigenvalue weighted by molar-refractivity contribution is -0.00000132. The fraction of sp³-hybridized carbons (Fsp3) is 0.250. The van der Waals surface area contributed by atoms with Crippen LogP contribution in [0.2, 0.25) is 0 Å². The lowest BCUT2D eigenvalue weighted by Gasteiger charge is -1.71. The maximum atomic E-state index is 5.42. The fourth-order valence-electron chi connectivity index (χ4n) is 0.319. The van der Waals surface area contributed by atoms with Crippen LogP contribution in [-0.4, -0.2) is 10.9 Å². The Morgan fingerprint density at radius 1 is 1.75 bits per heavy atom. The molecule has 0 saturated heterocycles. The molecule has 1 aliphatic rings. The molecule has 0 N–H and O–H groups in total. The molecule has 45 valence electrons. The van der Waals surface area contributed by atoms with Gasteiger partial charge in [0.15, 0.2) is 0 Å². The highest BCUT2D eigenvalue weighted by Crippen LogP contribution is 2.08. The van der Waals surface area contributed by atoms with Crippen molar-refractivity contribution in [2.24, 2.45) is 0 Å². The average molecular weight is 169 g/mol. The molecule has 0 fully saturated rings. The molecular weight excluding hydrogens is 165 g/mol. The maximum absolute atomic E-state index is 5.42. The number of aliphatic imine (C=N–C) groups is 1. The molecule has 0 unspecified atom stereocenters. The van der Waals surface area contributed by atoms with Gasteiger partial charge in [-0.2, -0.15) is 0 Å². The Bertz CT molecular complexity index is 121. The summed E-state index contributed by atoms with van der Waals surface area (Å²) in [5.41, 5.74) is 0. The molecule has 8 heavy (non-hydrogen) atoms. The topological polar surface area (TPSA) is 14.1 Å². The Balaban J connectivity index is 0.000000490. The number of nitrogens with zero attached hydrogens (tertiary/aromatic N) is 1. The number of alkyl halides is 1. The van der Waals surface area contributed by atoms with E-state index in [0.29, 0.717) is 5.88 Å². The van der Waals surface area contributed by atoms with Crippen molar-refractivity contribution < 1.29 is 12.4 Å². The van der Waals surface area contributed by atoms with Crippen LogP contribution in [0.1, 0.15) is 0 Å². The monoisotopic (exact) mass is 168 g/mol. The van der Waals surface area contributed by atoms with E-state index in [1.807, 2.05) is 5.41 Å². The molecule has 0 aromatic rings. The van der Waals surface area contributed by atoms with Gasteiger partial charge >= 0.3 is 5.04 Å². The molecule has 1 radical (unpaired) electrons. The van der Waals surface area contributed by atoms with E-state index in [0.717, 1.165) is 5.04 Å². The largest absolute Gasteiger partial charge is 1.00 e. The molecule has 0 spiro atoms. The third-order valence-electron chi connectivity index (χ3n) is 0.598. The van der Waals surface area contributed by atoms with Crippen molar-refractivity contribution in [3.8, 4) is 0 Å². The predicted molar refractivity (Wildman–Crippen MR) is 34.6 cm³/mol. The minimum absolute atomic E-state index is 0. The first-order chi connectivity index (χ1) is 3.43. The van der Waals surface area contributed by atoms with Crippen molar-refractivity contribution >= 4 is 28.4 Å². The SMILES string of the molecule is ClCC1=[N+]C=CS1.[Cl-]. The third-order valence-corrected chi connectivity index (χ3v) is 1.79. The first-order valence-electron chi connectivity index (χ1n) is 1.88. The first-order valence-corrected chi connectivity index (χ1v) is 3.29. The maximum Gasteiger partial charge on any atom is 0.306 e. The van der Waals surface area contributed by atoms with Crippen LogP contribution in [-0.2, 0) is 0 Å². The number of hydrogen-bond acceptors (Lipinski definition) is 2. The van der Waals surface area contributed by atoms with Crippen molar-refractivity contribution in [2.45, 2.75) is 0 Å². The molecule has 0 aliphatic carbocycles. The summed E-state index contributed by atoms with van der Waals surface area (Å²) in [6.45, 7) is 0. The lowest BCUT2D eigenvalue weighted by Crippen LogP contribution is -3.00. The van der Waals surface area contributed by atoms with Crippen LogP contribution >= 0.6 is 23.4 Å². The minimum Gasteiger partial charge on any atom is -1.00 e. The van der Waals surface area contributed by atoms with Crippen molar-refractivity contribution in [3.63, 3.8) is 0 Å². The van der Waals surface area contributed by atoms with E-state index >= 15 is 0 Å². The number of halogens is 2. The van der Waals surface area contributed by atoms with E-state index in [1.54, 1.807) is 18.0 Å². The van der Waals surface area contributed by atoms with E-state index in [9.17, 15) is 0 Å². The van der Waals surface area contributed by atoms with Crippen molar-refractivity contribution in [1.82, 2.24) is 4.99 Å². The highest BCUT2D eigenvalue weighted by atomic mass is 35.5. The zero-order valence-corrected chi connectivity index (χ0v) is 6.30. The van der Waals surface area contributed by atoms with Gasteiger partial charge < -0.3 is 12.4 Å². The van der Waals surface area contributed by atoms with E-state index in [1.165, 1.54) is 0 Å². The highest BCUT2D eigenvalue weighted by molar-refractivity contribution is 8.16. The van der Waals surface area contributed by atoms with Crippen LogP contribution in [0.15, 0.2) is 11.6 Å². The molecule has 1 rings (SSSR count). The molecule has 1 nitrogen and oxygen atoms in total. The van der Waals surface area contributed by atoms with Crippen LogP contribution in [0.25, 0.3) is 0 Å². The molecular formula is C4H4Cl2NS. The van der Waals surface area contributed by atoms with Gasteiger partial charge in [0, 0.05) is 0 Å². The van der Waals surface area contributed by atoms with Crippen LogP contribution in [0.3, 0.4) is 0 Å². The summed E-state index contributed by atoms with van der Waals surface area (Å²) in [7, 11) is 0. The van der Waals surface area contributed by atoms with E-state index < -0.39 is 0 Å². The summed E-state index contributed by atoms with van der Waals surface area (Å²) < 4.78 is 0. The van der Waals surface area contributed by atoms with Crippen molar-refractivity contribution in [1.29, 1.82) is 0 Å².